The second kappa shape index (κ2) is 9.11. The normalized spacial score (nSPS) is 27.3. The Morgan fingerprint density at radius 2 is 1.78 bits per heavy atom. The second-order valence-corrected chi connectivity index (χ2v) is 10.5. The molecule has 0 radical (unpaired) electrons. The van der Waals surface area contributed by atoms with Gasteiger partial charge >= 0.3 is 0 Å². The van der Waals surface area contributed by atoms with Crippen LogP contribution >= 0.6 is 0 Å². The van der Waals surface area contributed by atoms with Gasteiger partial charge in [0.2, 0.25) is 5.70 Å². The van der Waals surface area contributed by atoms with Crippen LogP contribution in [-0.4, -0.2) is 59.4 Å². The molecule has 2 fully saturated rings. The minimum Gasteiger partial charge on any atom is -0.379 e. The number of pyridine rings is 1. The summed E-state index contributed by atoms with van der Waals surface area (Å²) in [5, 5.41) is 1.10. The number of fused-ring (bicyclic) bond motifs is 2. The van der Waals surface area contributed by atoms with E-state index < -0.39 is 0 Å². The van der Waals surface area contributed by atoms with Crippen molar-refractivity contribution in [2.45, 2.75) is 12.8 Å². The van der Waals surface area contributed by atoms with Gasteiger partial charge in [-0.1, -0.05) is 42.5 Å². The van der Waals surface area contributed by atoms with Crippen LogP contribution in [0.4, 0.5) is 0 Å². The number of nitrogens with zero attached hydrogens (tertiary/aromatic N) is 5. The summed E-state index contributed by atoms with van der Waals surface area (Å²) in [4.78, 5) is 17.1. The first-order valence-corrected chi connectivity index (χ1v) is 13.2. The fourth-order valence-corrected chi connectivity index (χ4v) is 5.99. The summed E-state index contributed by atoms with van der Waals surface area (Å²) in [7, 11) is 0. The van der Waals surface area contributed by atoms with E-state index in [-0.39, 0.29) is 4.59 Å². The van der Waals surface area contributed by atoms with Gasteiger partial charge in [-0.2, -0.15) is 10.8 Å². The maximum absolute atomic E-state index is 7.02. The summed E-state index contributed by atoms with van der Waals surface area (Å²) in [6.07, 6.45) is 7.89. The highest BCUT2D eigenvalue weighted by Gasteiger charge is 2.48. The summed E-state index contributed by atoms with van der Waals surface area (Å²) in [5.74, 6) is 8.98. The molecular weight excluding hydrogens is 460 g/mol. The van der Waals surface area contributed by atoms with E-state index in [9.17, 15) is 0 Å². The average Bonchev–Trinajstić information content (AvgIpc) is 3.23. The Kier molecular flexibility index (Phi) is 5.59. The molecule has 1 unspecified atom stereocenters. The number of morpholine rings is 1. The Morgan fingerprint density at radius 1 is 0.973 bits per heavy atom. The highest BCUT2D eigenvalue weighted by atomic mass is 16.5. The van der Waals surface area contributed by atoms with Crippen LogP contribution in [0.15, 0.2) is 94.4 Å². The van der Waals surface area contributed by atoms with Gasteiger partial charge in [-0.05, 0) is 37.0 Å². The number of aromatic nitrogens is 1. The number of benzene rings is 2. The summed E-state index contributed by atoms with van der Waals surface area (Å²) in [6.45, 7) is 4.93. The Labute approximate surface area is 216 Å². The fourth-order valence-electron chi connectivity index (χ4n) is 5.99. The van der Waals surface area contributed by atoms with Crippen LogP contribution in [-0.2, 0) is 4.74 Å². The number of allylic oxidation sites excluding steroid dienone is 2. The topological polar surface area (TPSA) is 76.1 Å². The largest absolute Gasteiger partial charge is 0.379 e. The lowest BCUT2D eigenvalue weighted by molar-refractivity contribution is -0.750. The van der Waals surface area contributed by atoms with Crippen molar-refractivity contribution < 1.29 is 9.33 Å². The molecule has 37 heavy (non-hydrogen) atoms. The Hall–Kier alpha value is -3.49. The predicted octanol–water partition coefficient (Wildman–Crippen LogP) is 4.48. The predicted molar refractivity (Wildman–Crippen MR) is 146 cm³/mol. The molecule has 7 heteroatoms. The molecule has 2 aromatic carbocycles. The lowest BCUT2D eigenvalue weighted by Gasteiger charge is -2.39. The van der Waals surface area contributed by atoms with Crippen LogP contribution in [0.1, 0.15) is 18.4 Å². The molecule has 3 aromatic rings. The highest BCUT2D eigenvalue weighted by Crippen LogP contribution is 2.45. The van der Waals surface area contributed by atoms with Gasteiger partial charge in [-0.15, -0.1) is 4.59 Å². The fraction of sp³-hybridized carbons (Fsp3) is 0.300. The van der Waals surface area contributed by atoms with Crippen LogP contribution in [0.25, 0.3) is 22.2 Å². The van der Waals surface area contributed by atoms with Crippen LogP contribution in [0.2, 0.25) is 0 Å². The van der Waals surface area contributed by atoms with E-state index in [0.29, 0.717) is 11.8 Å². The summed E-state index contributed by atoms with van der Waals surface area (Å²) < 4.78 is 5.57. The molecule has 1 atom stereocenters. The Balaban J connectivity index is 1.18. The van der Waals surface area contributed by atoms with E-state index in [1.165, 1.54) is 0 Å². The molecule has 7 nitrogen and oxygen atoms in total. The maximum Gasteiger partial charge on any atom is 0.264 e. The van der Waals surface area contributed by atoms with E-state index in [1.54, 1.807) is 6.20 Å². The van der Waals surface area contributed by atoms with Crippen molar-refractivity contribution in [3.63, 3.8) is 0 Å². The molecule has 2 N–H and O–H groups in total. The number of rotatable bonds is 5. The molecule has 4 heterocycles. The number of hydrogen-bond donors (Lipinski definition) is 1. The number of nitrogens with two attached hydrogens (primary N) is 1. The van der Waals surface area contributed by atoms with Gasteiger partial charge < -0.3 is 4.74 Å². The van der Waals surface area contributed by atoms with Crippen LogP contribution < -0.4 is 5.84 Å². The molecule has 1 saturated carbocycles. The van der Waals surface area contributed by atoms with Crippen LogP contribution in [0, 0.1) is 11.8 Å². The first-order chi connectivity index (χ1) is 18.2. The molecule has 0 bridgehead atoms. The number of aliphatic imine (C=N–C) groups is 2. The van der Waals surface area contributed by atoms with Crippen LogP contribution in [0.3, 0.4) is 0 Å². The summed E-state index contributed by atoms with van der Waals surface area (Å²) >= 11 is 0. The molecule has 186 valence electrons. The monoisotopic (exact) mass is 491 g/mol. The SMILES string of the molecule is N[N+]12C=CN=CC1=C(C1CC(CN3CCOCC3)C1)N=C2c1ccc2ccc(-c3ccccc3)nc2c1. The smallest absolute Gasteiger partial charge is 0.264 e. The lowest BCUT2D eigenvalue weighted by atomic mass is 9.72. The van der Waals surface area contributed by atoms with Gasteiger partial charge in [0.15, 0.2) is 0 Å². The number of hydrogen-bond acceptors (Lipinski definition) is 6. The zero-order valence-electron chi connectivity index (χ0n) is 20.8. The van der Waals surface area contributed by atoms with Crippen molar-refractivity contribution in [2.24, 2.45) is 27.7 Å². The quantitative estimate of drug-likeness (QED) is 0.422. The molecule has 4 aliphatic rings. The van der Waals surface area contributed by atoms with E-state index >= 15 is 0 Å². The average molecular weight is 492 g/mol. The van der Waals surface area contributed by atoms with Gasteiger partial charge in [-0.3, -0.25) is 9.89 Å². The maximum atomic E-state index is 7.02. The number of quaternary nitrogens is 1. The molecule has 1 aromatic heterocycles. The van der Waals surface area contributed by atoms with Gasteiger partial charge in [0.25, 0.3) is 5.84 Å². The van der Waals surface area contributed by atoms with E-state index in [4.69, 9.17) is 20.6 Å². The Bertz CT molecular complexity index is 1460. The highest BCUT2D eigenvalue weighted by molar-refractivity contribution is 6.02. The minimum absolute atomic E-state index is 0.0628. The molecular formula is C30H31N6O+. The van der Waals surface area contributed by atoms with E-state index in [2.05, 4.69) is 52.4 Å². The first-order valence-electron chi connectivity index (χ1n) is 13.2. The third-order valence-electron chi connectivity index (χ3n) is 8.08. The van der Waals surface area contributed by atoms with Crippen molar-refractivity contribution in [3.8, 4) is 11.3 Å². The minimum atomic E-state index is 0.0628. The van der Waals surface area contributed by atoms with E-state index in [1.807, 2.05) is 30.6 Å². The standard InChI is InChI=1S/C30H31N6O/c31-36-13-10-32-19-28(36)29(25-16-21(17-25)20-35-11-14-37-15-12-35)34-30(36)24-7-6-23-8-9-26(33-27(23)18-24)22-4-2-1-3-5-22/h1-10,13,18-19,21,25H,11-12,14-17,20,31H2/q+1. The van der Waals surface area contributed by atoms with Crippen LogP contribution in [0.5, 0.6) is 0 Å². The molecule has 7 rings (SSSR count). The van der Waals surface area contributed by atoms with Crippen molar-refractivity contribution in [3.05, 3.63) is 90.0 Å². The van der Waals surface area contributed by atoms with E-state index in [0.717, 1.165) is 90.6 Å². The third kappa shape index (κ3) is 4.04. The van der Waals surface area contributed by atoms with Crippen molar-refractivity contribution in [2.75, 3.05) is 32.8 Å². The summed E-state index contributed by atoms with van der Waals surface area (Å²) in [6, 6.07) is 20.8. The third-order valence-corrected chi connectivity index (χ3v) is 8.08. The van der Waals surface area contributed by atoms with Gasteiger partial charge in [0, 0.05) is 36.5 Å². The number of amidine groups is 1. The van der Waals surface area contributed by atoms with Gasteiger partial charge in [0.05, 0.1) is 42.4 Å². The zero-order chi connectivity index (χ0) is 24.8. The summed E-state index contributed by atoms with van der Waals surface area (Å²) in [5.41, 5.74) is 6.07. The Morgan fingerprint density at radius 3 is 2.62 bits per heavy atom. The molecule has 0 amide bonds. The first kappa shape index (κ1) is 22.7. The van der Waals surface area contributed by atoms with Gasteiger partial charge in [-0.25, -0.2) is 4.98 Å². The zero-order valence-corrected chi connectivity index (χ0v) is 20.8. The lowest BCUT2D eigenvalue weighted by Crippen LogP contribution is -2.53. The number of ether oxygens (including phenoxy) is 1. The van der Waals surface area contributed by atoms with Crippen molar-refractivity contribution in [1.82, 2.24) is 9.88 Å². The molecule has 1 saturated heterocycles. The molecule has 1 aliphatic carbocycles. The van der Waals surface area contributed by atoms with Crippen molar-refractivity contribution in [1.29, 1.82) is 0 Å². The second-order valence-electron chi connectivity index (χ2n) is 10.5. The molecule has 3 aliphatic heterocycles. The van der Waals surface area contributed by atoms with Gasteiger partial charge in [0.1, 0.15) is 11.9 Å². The van der Waals surface area contributed by atoms with Crippen molar-refractivity contribution >= 4 is 23.0 Å². The molecule has 0 spiro atoms.